The van der Waals surface area contributed by atoms with E-state index in [9.17, 15) is 14.3 Å². The number of amides is 1. The van der Waals surface area contributed by atoms with Crippen LogP contribution in [0.4, 0.5) is 4.39 Å². The molecule has 1 aromatic carbocycles. The van der Waals surface area contributed by atoms with E-state index in [0.717, 1.165) is 25.0 Å². The van der Waals surface area contributed by atoms with Gasteiger partial charge in [-0.3, -0.25) is 4.79 Å². The highest BCUT2D eigenvalue weighted by molar-refractivity contribution is 5.97. The number of hydrogen-bond donors (Lipinski definition) is 1. The van der Waals surface area contributed by atoms with Gasteiger partial charge >= 0.3 is 0 Å². The Kier molecular flexibility index (Phi) is 3.05. The Bertz CT molecular complexity index is 439. The lowest BCUT2D eigenvalue weighted by molar-refractivity contribution is 0.0686. The second-order valence-corrected chi connectivity index (χ2v) is 4.70. The molecule has 92 valence electrons. The first-order chi connectivity index (χ1) is 8.00. The average Bonchev–Trinajstić information content (AvgIpc) is 3.05. The van der Waals surface area contributed by atoms with Crippen molar-refractivity contribution < 1.29 is 14.3 Å². The number of phenolic OH excluding ortho intramolecular Hbond substituents is 1. The number of aromatic hydroxyl groups is 1. The van der Waals surface area contributed by atoms with Crippen LogP contribution in [0.5, 0.6) is 5.75 Å². The van der Waals surface area contributed by atoms with Gasteiger partial charge in [-0.2, -0.15) is 0 Å². The quantitative estimate of drug-likeness (QED) is 0.877. The Hall–Kier alpha value is -1.58. The van der Waals surface area contributed by atoms with Crippen LogP contribution in [-0.2, 0) is 0 Å². The van der Waals surface area contributed by atoms with Gasteiger partial charge in [0, 0.05) is 12.1 Å². The van der Waals surface area contributed by atoms with Gasteiger partial charge in [-0.15, -0.1) is 0 Å². The van der Waals surface area contributed by atoms with Crippen LogP contribution in [0.15, 0.2) is 18.2 Å². The van der Waals surface area contributed by atoms with E-state index in [1.165, 1.54) is 6.07 Å². The molecule has 1 amide bonds. The fourth-order valence-electron chi connectivity index (χ4n) is 1.99. The fourth-order valence-corrected chi connectivity index (χ4v) is 1.99. The van der Waals surface area contributed by atoms with E-state index in [-0.39, 0.29) is 29.3 Å². The Labute approximate surface area is 99.9 Å². The number of carbonyl (C=O) groups excluding carboxylic acids is 1. The molecule has 2 rings (SSSR count). The van der Waals surface area contributed by atoms with Crippen molar-refractivity contribution in [2.45, 2.75) is 38.8 Å². The zero-order valence-corrected chi connectivity index (χ0v) is 9.98. The number of benzene rings is 1. The van der Waals surface area contributed by atoms with Crippen molar-refractivity contribution >= 4 is 5.91 Å². The third-order valence-corrected chi connectivity index (χ3v) is 2.92. The molecule has 0 aliphatic heterocycles. The number of carbonyl (C=O) groups is 1. The maximum atomic E-state index is 13.1. The summed E-state index contributed by atoms with van der Waals surface area (Å²) in [6, 6.07) is 3.75. The number of halogens is 1. The molecule has 0 unspecified atom stereocenters. The van der Waals surface area contributed by atoms with Crippen LogP contribution in [-0.4, -0.2) is 28.0 Å². The van der Waals surface area contributed by atoms with E-state index in [2.05, 4.69) is 0 Å². The van der Waals surface area contributed by atoms with Crippen molar-refractivity contribution in [2.75, 3.05) is 0 Å². The summed E-state index contributed by atoms with van der Waals surface area (Å²) >= 11 is 0. The van der Waals surface area contributed by atoms with Gasteiger partial charge in [0.1, 0.15) is 11.6 Å². The SMILES string of the molecule is CC(C)N(C(=O)c1cc(F)ccc1O)C1CC1. The van der Waals surface area contributed by atoms with Gasteiger partial charge in [-0.1, -0.05) is 0 Å². The summed E-state index contributed by atoms with van der Waals surface area (Å²) in [7, 11) is 0. The highest BCUT2D eigenvalue weighted by atomic mass is 19.1. The number of rotatable bonds is 3. The molecule has 1 fully saturated rings. The molecule has 0 aromatic heterocycles. The minimum absolute atomic E-state index is 0.0469. The van der Waals surface area contributed by atoms with Crippen molar-refractivity contribution in [3.05, 3.63) is 29.6 Å². The predicted molar refractivity (Wildman–Crippen MR) is 62.4 cm³/mol. The number of nitrogens with zero attached hydrogens (tertiary/aromatic N) is 1. The van der Waals surface area contributed by atoms with Gasteiger partial charge in [-0.05, 0) is 44.9 Å². The molecule has 0 radical (unpaired) electrons. The third kappa shape index (κ3) is 2.40. The summed E-state index contributed by atoms with van der Waals surface area (Å²) in [5.41, 5.74) is 0.0469. The summed E-state index contributed by atoms with van der Waals surface area (Å²) in [5.74, 6) is -0.965. The van der Waals surface area contributed by atoms with Crippen molar-refractivity contribution in [3.8, 4) is 5.75 Å². The molecule has 1 saturated carbocycles. The molecule has 0 saturated heterocycles. The molecular formula is C13H16FNO2. The van der Waals surface area contributed by atoms with Crippen LogP contribution in [0.1, 0.15) is 37.0 Å². The normalized spacial score (nSPS) is 15.1. The van der Waals surface area contributed by atoms with E-state index >= 15 is 0 Å². The van der Waals surface area contributed by atoms with Crippen LogP contribution < -0.4 is 0 Å². The van der Waals surface area contributed by atoms with Crippen LogP contribution in [0, 0.1) is 5.82 Å². The van der Waals surface area contributed by atoms with Gasteiger partial charge in [0.2, 0.25) is 0 Å². The van der Waals surface area contributed by atoms with Gasteiger partial charge in [-0.25, -0.2) is 4.39 Å². The van der Waals surface area contributed by atoms with Crippen molar-refractivity contribution in [2.24, 2.45) is 0 Å². The lowest BCUT2D eigenvalue weighted by Gasteiger charge is -2.27. The molecule has 1 N–H and O–H groups in total. The van der Waals surface area contributed by atoms with Crippen LogP contribution >= 0.6 is 0 Å². The van der Waals surface area contributed by atoms with Gasteiger partial charge in [0.25, 0.3) is 5.91 Å². The van der Waals surface area contributed by atoms with Gasteiger partial charge in [0.05, 0.1) is 5.56 Å². The van der Waals surface area contributed by atoms with Crippen molar-refractivity contribution in [3.63, 3.8) is 0 Å². The molecular weight excluding hydrogens is 221 g/mol. The molecule has 3 nitrogen and oxygen atoms in total. The summed E-state index contributed by atoms with van der Waals surface area (Å²) in [5, 5.41) is 9.62. The second kappa shape index (κ2) is 4.35. The smallest absolute Gasteiger partial charge is 0.258 e. The lowest BCUT2D eigenvalue weighted by Crippen LogP contribution is -2.38. The zero-order chi connectivity index (χ0) is 12.6. The zero-order valence-electron chi connectivity index (χ0n) is 9.98. The van der Waals surface area contributed by atoms with E-state index in [1.807, 2.05) is 13.8 Å². The van der Waals surface area contributed by atoms with Crippen molar-refractivity contribution in [1.29, 1.82) is 0 Å². The molecule has 17 heavy (non-hydrogen) atoms. The Morgan fingerprint density at radius 2 is 2.12 bits per heavy atom. The first-order valence-corrected chi connectivity index (χ1v) is 5.82. The lowest BCUT2D eigenvalue weighted by atomic mass is 10.1. The molecule has 0 heterocycles. The Morgan fingerprint density at radius 1 is 1.47 bits per heavy atom. The topological polar surface area (TPSA) is 40.5 Å². The highest BCUT2D eigenvalue weighted by Crippen LogP contribution is 2.31. The maximum Gasteiger partial charge on any atom is 0.258 e. The van der Waals surface area contributed by atoms with E-state index in [0.29, 0.717) is 0 Å². The van der Waals surface area contributed by atoms with Crippen LogP contribution in [0.2, 0.25) is 0 Å². The molecule has 0 atom stereocenters. The fraction of sp³-hybridized carbons (Fsp3) is 0.462. The minimum Gasteiger partial charge on any atom is -0.507 e. The first-order valence-electron chi connectivity index (χ1n) is 5.82. The summed E-state index contributed by atoms with van der Waals surface area (Å²) < 4.78 is 13.1. The molecule has 0 bridgehead atoms. The van der Waals surface area contributed by atoms with Gasteiger partial charge < -0.3 is 10.0 Å². The summed E-state index contributed by atoms with van der Waals surface area (Å²) in [4.78, 5) is 14.0. The highest BCUT2D eigenvalue weighted by Gasteiger charge is 2.35. The van der Waals surface area contributed by atoms with Crippen LogP contribution in [0.3, 0.4) is 0 Å². The molecule has 4 heteroatoms. The minimum atomic E-state index is -0.509. The summed E-state index contributed by atoms with van der Waals surface area (Å²) in [6.45, 7) is 3.85. The molecule has 1 aliphatic rings. The van der Waals surface area contributed by atoms with E-state index < -0.39 is 5.82 Å². The van der Waals surface area contributed by atoms with Gasteiger partial charge in [0.15, 0.2) is 0 Å². The average molecular weight is 237 g/mol. The van der Waals surface area contributed by atoms with E-state index in [4.69, 9.17) is 0 Å². The monoisotopic (exact) mass is 237 g/mol. The maximum absolute atomic E-state index is 13.1. The Balaban J connectivity index is 2.31. The van der Waals surface area contributed by atoms with Crippen LogP contribution in [0.25, 0.3) is 0 Å². The molecule has 1 aromatic rings. The second-order valence-electron chi connectivity index (χ2n) is 4.70. The van der Waals surface area contributed by atoms with E-state index in [1.54, 1.807) is 4.90 Å². The number of phenols is 1. The van der Waals surface area contributed by atoms with Crippen molar-refractivity contribution in [1.82, 2.24) is 4.90 Å². The third-order valence-electron chi connectivity index (χ3n) is 2.92. The predicted octanol–water partition coefficient (Wildman–Crippen LogP) is 2.54. The standard InChI is InChI=1S/C13H16FNO2/c1-8(2)15(10-4-5-10)13(17)11-7-9(14)3-6-12(11)16/h3,6-8,10,16H,4-5H2,1-2H3. The summed E-state index contributed by atoms with van der Waals surface area (Å²) in [6.07, 6.45) is 1.97. The first kappa shape index (κ1) is 11.9. The Morgan fingerprint density at radius 3 is 2.65 bits per heavy atom. The largest absolute Gasteiger partial charge is 0.507 e. The number of hydrogen-bond acceptors (Lipinski definition) is 2. The molecule has 0 spiro atoms. The molecule has 1 aliphatic carbocycles.